The molecule has 1 saturated heterocycles. The van der Waals surface area contributed by atoms with Crippen molar-refractivity contribution in [3.05, 3.63) is 16.9 Å². The Morgan fingerprint density at radius 2 is 2.53 bits per heavy atom. The number of nitrogens with two attached hydrogens (primary N) is 1. The van der Waals surface area contributed by atoms with Crippen molar-refractivity contribution in [1.82, 2.24) is 15.2 Å². The lowest BCUT2D eigenvalue weighted by atomic mass is 10.1. The van der Waals surface area contributed by atoms with Crippen LogP contribution in [-0.4, -0.2) is 35.7 Å². The van der Waals surface area contributed by atoms with Gasteiger partial charge in [-0.15, -0.1) is 0 Å². The van der Waals surface area contributed by atoms with Gasteiger partial charge in [-0.25, -0.2) is 5.43 Å². The fraction of sp³-hybridized carbons (Fsp3) is 0.700. The van der Waals surface area contributed by atoms with E-state index in [0.29, 0.717) is 24.8 Å². The molecule has 1 aliphatic heterocycles. The van der Waals surface area contributed by atoms with Gasteiger partial charge in [0.1, 0.15) is 6.10 Å². The molecule has 0 bridgehead atoms. The first kappa shape index (κ1) is 12.8. The molecule has 96 valence electrons. The number of rotatable bonds is 4. The number of nitrogens with zero attached hydrogens (tertiary/aromatic N) is 2. The predicted molar refractivity (Wildman–Crippen MR) is 63.5 cm³/mol. The quantitative estimate of drug-likeness (QED) is 0.608. The molecule has 1 aliphatic rings. The molecule has 2 atom stereocenters. The highest BCUT2D eigenvalue weighted by Crippen LogP contribution is 2.27. The van der Waals surface area contributed by atoms with Gasteiger partial charge in [0.05, 0.1) is 42.8 Å². The number of ether oxygens (including phenoxy) is 2. The third kappa shape index (κ3) is 2.61. The van der Waals surface area contributed by atoms with Crippen LogP contribution < -0.4 is 11.3 Å². The number of aryl methyl sites for hydroxylation is 1. The number of hydrazine groups is 1. The van der Waals surface area contributed by atoms with Crippen LogP contribution >= 0.6 is 11.6 Å². The van der Waals surface area contributed by atoms with E-state index in [-0.39, 0.29) is 12.1 Å². The molecule has 2 unspecified atom stereocenters. The van der Waals surface area contributed by atoms with Crippen LogP contribution in [0.25, 0.3) is 0 Å². The van der Waals surface area contributed by atoms with Crippen LogP contribution in [-0.2, 0) is 16.0 Å². The summed E-state index contributed by atoms with van der Waals surface area (Å²) in [6, 6.07) is -0.217. The Morgan fingerprint density at radius 1 is 1.71 bits per heavy atom. The summed E-state index contributed by atoms with van der Waals surface area (Å²) in [5, 5.41) is 4.78. The summed E-state index contributed by atoms with van der Waals surface area (Å²) in [5.74, 6) is 5.60. The first-order valence-corrected chi connectivity index (χ1v) is 6.02. The van der Waals surface area contributed by atoms with E-state index in [1.165, 1.54) is 0 Å². The molecule has 0 saturated carbocycles. The second kappa shape index (κ2) is 5.79. The molecular formula is C10H17ClN4O2. The van der Waals surface area contributed by atoms with E-state index in [1.807, 2.05) is 11.6 Å². The molecule has 0 amide bonds. The lowest BCUT2D eigenvalue weighted by molar-refractivity contribution is -0.103. The van der Waals surface area contributed by atoms with Crippen molar-refractivity contribution in [2.75, 3.05) is 19.8 Å². The Hall–Kier alpha value is -0.660. The summed E-state index contributed by atoms with van der Waals surface area (Å²) in [5.41, 5.74) is 3.58. The van der Waals surface area contributed by atoms with E-state index < -0.39 is 0 Å². The highest BCUT2D eigenvalue weighted by atomic mass is 35.5. The van der Waals surface area contributed by atoms with Gasteiger partial charge in [-0.1, -0.05) is 11.6 Å². The van der Waals surface area contributed by atoms with Crippen molar-refractivity contribution in [2.45, 2.75) is 25.6 Å². The van der Waals surface area contributed by atoms with E-state index in [2.05, 4.69) is 10.5 Å². The van der Waals surface area contributed by atoms with Crippen molar-refractivity contribution in [3.8, 4) is 0 Å². The van der Waals surface area contributed by atoms with Crippen LogP contribution in [0.15, 0.2) is 6.20 Å². The summed E-state index contributed by atoms with van der Waals surface area (Å²) in [6.45, 7) is 4.42. The van der Waals surface area contributed by atoms with Crippen LogP contribution in [0.5, 0.6) is 0 Å². The molecule has 7 heteroatoms. The molecule has 6 nitrogen and oxygen atoms in total. The van der Waals surface area contributed by atoms with Gasteiger partial charge < -0.3 is 9.47 Å². The van der Waals surface area contributed by atoms with Crippen molar-refractivity contribution < 1.29 is 9.47 Å². The number of aromatic nitrogens is 2. The van der Waals surface area contributed by atoms with Crippen LogP contribution in [0.2, 0.25) is 5.02 Å². The maximum Gasteiger partial charge on any atom is 0.103 e. The van der Waals surface area contributed by atoms with Gasteiger partial charge >= 0.3 is 0 Å². The molecule has 2 heterocycles. The molecule has 1 fully saturated rings. The van der Waals surface area contributed by atoms with E-state index >= 15 is 0 Å². The van der Waals surface area contributed by atoms with Gasteiger partial charge in [-0.2, -0.15) is 5.10 Å². The monoisotopic (exact) mass is 260 g/mol. The molecule has 17 heavy (non-hydrogen) atoms. The van der Waals surface area contributed by atoms with E-state index in [0.717, 1.165) is 12.2 Å². The molecule has 0 aromatic carbocycles. The number of hydrogen-bond acceptors (Lipinski definition) is 5. The van der Waals surface area contributed by atoms with Gasteiger partial charge in [-0.3, -0.25) is 10.5 Å². The zero-order valence-electron chi connectivity index (χ0n) is 9.73. The third-order valence-electron chi connectivity index (χ3n) is 2.82. The minimum Gasteiger partial charge on any atom is -0.376 e. The summed E-state index contributed by atoms with van der Waals surface area (Å²) < 4.78 is 12.8. The molecule has 3 N–H and O–H groups in total. The van der Waals surface area contributed by atoms with Crippen molar-refractivity contribution in [3.63, 3.8) is 0 Å². The molecule has 1 aromatic rings. The Labute approximate surface area is 105 Å². The Morgan fingerprint density at radius 3 is 3.12 bits per heavy atom. The topological polar surface area (TPSA) is 74.3 Å². The van der Waals surface area contributed by atoms with Crippen molar-refractivity contribution in [1.29, 1.82) is 0 Å². The maximum absolute atomic E-state index is 6.14. The fourth-order valence-electron chi connectivity index (χ4n) is 1.99. The second-order valence-corrected chi connectivity index (χ2v) is 4.23. The molecule has 0 radical (unpaired) electrons. The van der Waals surface area contributed by atoms with Crippen LogP contribution in [0.1, 0.15) is 18.7 Å². The van der Waals surface area contributed by atoms with E-state index in [1.54, 1.807) is 6.20 Å². The second-order valence-electron chi connectivity index (χ2n) is 3.82. The Balaban J connectivity index is 2.23. The average Bonchev–Trinajstić information content (AvgIpc) is 2.74. The largest absolute Gasteiger partial charge is 0.376 e. The standard InChI is InChI=1S/C10H17ClN4O2/c1-2-15-10(7(11)5-13-15)9(14-12)8-6-16-3-4-17-8/h5,8-9,14H,2-4,6,12H2,1H3. The lowest BCUT2D eigenvalue weighted by Crippen LogP contribution is -2.44. The zero-order valence-corrected chi connectivity index (χ0v) is 10.5. The van der Waals surface area contributed by atoms with Crippen LogP contribution in [0, 0.1) is 0 Å². The first-order chi connectivity index (χ1) is 8.27. The Bertz CT molecular complexity index is 365. The summed E-state index contributed by atoms with van der Waals surface area (Å²) in [6.07, 6.45) is 1.47. The van der Waals surface area contributed by atoms with E-state index in [4.69, 9.17) is 26.9 Å². The normalized spacial score (nSPS) is 22.6. The Kier molecular flexibility index (Phi) is 4.36. The van der Waals surface area contributed by atoms with Gasteiger partial charge in [0.25, 0.3) is 0 Å². The SMILES string of the molecule is CCn1ncc(Cl)c1C(NN)C1COCCO1. The maximum atomic E-state index is 6.14. The van der Waals surface area contributed by atoms with Gasteiger partial charge in [0, 0.05) is 6.54 Å². The van der Waals surface area contributed by atoms with E-state index in [9.17, 15) is 0 Å². The minimum atomic E-state index is -0.217. The molecule has 2 rings (SSSR count). The predicted octanol–water partition coefficient (Wildman–Crippen LogP) is 0.476. The molecule has 1 aromatic heterocycles. The van der Waals surface area contributed by atoms with Crippen LogP contribution in [0.3, 0.4) is 0 Å². The highest BCUT2D eigenvalue weighted by Gasteiger charge is 2.30. The van der Waals surface area contributed by atoms with Crippen LogP contribution in [0.4, 0.5) is 0 Å². The fourth-order valence-corrected chi connectivity index (χ4v) is 2.25. The molecule has 0 aliphatic carbocycles. The molecule has 0 spiro atoms. The number of nitrogens with one attached hydrogen (secondary N) is 1. The van der Waals surface area contributed by atoms with Crippen molar-refractivity contribution in [2.24, 2.45) is 5.84 Å². The smallest absolute Gasteiger partial charge is 0.103 e. The summed E-state index contributed by atoms with van der Waals surface area (Å²) in [4.78, 5) is 0. The molecular weight excluding hydrogens is 244 g/mol. The average molecular weight is 261 g/mol. The van der Waals surface area contributed by atoms with Crippen molar-refractivity contribution >= 4 is 11.6 Å². The first-order valence-electron chi connectivity index (χ1n) is 5.64. The number of halogens is 1. The van der Waals surface area contributed by atoms with Gasteiger partial charge in [0.15, 0.2) is 0 Å². The lowest BCUT2D eigenvalue weighted by Gasteiger charge is -2.30. The highest BCUT2D eigenvalue weighted by molar-refractivity contribution is 6.31. The zero-order chi connectivity index (χ0) is 12.3. The summed E-state index contributed by atoms with van der Waals surface area (Å²) >= 11 is 6.14. The van der Waals surface area contributed by atoms with Gasteiger partial charge in [-0.05, 0) is 6.92 Å². The minimum absolute atomic E-state index is 0.145. The number of hydrogen-bond donors (Lipinski definition) is 2. The third-order valence-corrected chi connectivity index (χ3v) is 3.11. The summed E-state index contributed by atoms with van der Waals surface area (Å²) in [7, 11) is 0. The van der Waals surface area contributed by atoms with Gasteiger partial charge in [0.2, 0.25) is 0 Å².